The quantitative estimate of drug-likeness (QED) is 0.646. The molecule has 19 heavy (non-hydrogen) atoms. The van der Waals surface area contributed by atoms with Crippen molar-refractivity contribution in [1.29, 1.82) is 0 Å². The number of nitrogens with zero attached hydrogens (tertiary/aromatic N) is 3. The van der Waals surface area contributed by atoms with E-state index in [0.29, 0.717) is 23.6 Å². The maximum absolute atomic E-state index is 11.0. The van der Waals surface area contributed by atoms with Gasteiger partial charge in [-0.3, -0.25) is 14.8 Å². The summed E-state index contributed by atoms with van der Waals surface area (Å²) in [6.07, 6.45) is 1.64. The van der Waals surface area contributed by atoms with Crippen LogP contribution in [0.3, 0.4) is 0 Å². The largest absolute Gasteiger partial charge is 0.384 e. The Morgan fingerprint density at radius 1 is 1.53 bits per heavy atom. The molecule has 0 spiro atoms. The van der Waals surface area contributed by atoms with E-state index in [0.717, 1.165) is 5.56 Å². The number of nitro benzene ring substituents is 1. The number of rotatable bonds is 4. The Kier molecular flexibility index (Phi) is 3.37. The Bertz CT molecular complexity index is 621. The molecule has 3 N–H and O–H groups in total. The molecule has 0 unspecified atom stereocenters. The van der Waals surface area contributed by atoms with Gasteiger partial charge in [0.25, 0.3) is 5.69 Å². The minimum absolute atomic E-state index is 0.0879. The number of nitrogens with two attached hydrogens (primary N) is 1. The van der Waals surface area contributed by atoms with E-state index in [9.17, 15) is 10.1 Å². The number of aromatic nitrogens is 2. The molecule has 7 nitrogen and oxygen atoms in total. The molecule has 0 fully saturated rings. The van der Waals surface area contributed by atoms with Gasteiger partial charge in [0.15, 0.2) is 0 Å². The first-order valence-corrected chi connectivity index (χ1v) is 5.75. The van der Waals surface area contributed by atoms with Crippen LogP contribution in [0.15, 0.2) is 24.4 Å². The zero-order chi connectivity index (χ0) is 14.0. The van der Waals surface area contributed by atoms with E-state index in [-0.39, 0.29) is 10.6 Å². The fraction of sp³-hybridized carbons (Fsp3) is 0.250. The summed E-state index contributed by atoms with van der Waals surface area (Å²) in [5.41, 5.74) is 7.81. The predicted molar refractivity (Wildman–Crippen MR) is 72.8 cm³/mol. The lowest BCUT2D eigenvalue weighted by Crippen LogP contribution is -2.06. The molecule has 0 amide bonds. The number of nitrogens with one attached hydrogen (secondary N) is 1. The van der Waals surface area contributed by atoms with Gasteiger partial charge in [-0.2, -0.15) is 5.10 Å². The molecule has 1 heterocycles. The summed E-state index contributed by atoms with van der Waals surface area (Å²) in [6.45, 7) is 2.10. The molecular formula is C12H15N5O2. The van der Waals surface area contributed by atoms with Crippen LogP contribution >= 0.6 is 0 Å². The fourth-order valence-electron chi connectivity index (χ4n) is 1.86. The van der Waals surface area contributed by atoms with Gasteiger partial charge in [0, 0.05) is 24.7 Å². The summed E-state index contributed by atoms with van der Waals surface area (Å²) in [5, 5.41) is 18.1. The lowest BCUT2D eigenvalue weighted by Gasteiger charge is -2.08. The van der Waals surface area contributed by atoms with Crippen molar-refractivity contribution in [3.63, 3.8) is 0 Å². The first-order valence-electron chi connectivity index (χ1n) is 5.75. The summed E-state index contributed by atoms with van der Waals surface area (Å²) in [4.78, 5) is 10.7. The summed E-state index contributed by atoms with van der Waals surface area (Å²) >= 11 is 0. The van der Waals surface area contributed by atoms with Crippen molar-refractivity contribution in [3.8, 4) is 0 Å². The second kappa shape index (κ2) is 4.97. The van der Waals surface area contributed by atoms with Crippen LogP contribution in [0.5, 0.6) is 0 Å². The van der Waals surface area contributed by atoms with E-state index in [1.165, 1.54) is 0 Å². The Morgan fingerprint density at radius 3 is 2.84 bits per heavy atom. The van der Waals surface area contributed by atoms with E-state index >= 15 is 0 Å². The zero-order valence-corrected chi connectivity index (χ0v) is 10.8. The van der Waals surface area contributed by atoms with Gasteiger partial charge in [0.2, 0.25) is 0 Å². The van der Waals surface area contributed by atoms with Crippen LogP contribution in [-0.2, 0) is 13.6 Å². The SMILES string of the molecule is Cc1cccc(NCc2cnn(C)c2N)c1[N+](=O)[O-]. The first-order chi connectivity index (χ1) is 9.00. The van der Waals surface area contributed by atoms with Gasteiger partial charge in [-0.1, -0.05) is 12.1 Å². The van der Waals surface area contributed by atoms with Crippen molar-refractivity contribution in [3.05, 3.63) is 45.6 Å². The summed E-state index contributed by atoms with van der Waals surface area (Å²) in [7, 11) is 1.74. The second-order valence-electron chi connectivity index (χ2n) is 4.26. The first kappa shape index (κ1) is 12.9. The van der Waals surface area contributed by atoms with E-state index in [2.05, 4.69) is 10.4 Å². The molecule has 7 heteroatoms. The number of benzene rings is 1. The molecule has 1 aromatic carbocycles. The molecule has 1 aromatic heterocycles. The van der Waals surface area contributed by atoms with Crippen LogP contribution in [0.4, 0.5) is 17.2 Å². The van der Waals surface area contributed by atoms with Crippen LogP contribution in [-0.4, -0.2) is 14.7 Å². The maximum atomic E-state index is 11.0. The standard InChI is InChI=1S/C12H15N5O2/c1-8-4-3-5-10(11(8)17(18)19)14-6-9-7-15-16(2)12(9)13/h3-5,7,14H,6,13H2,1-2H3. The molecule has 0 bridgehead atoms. The van der Waals surface area contributed by atoms with Crippen LogP contribution in [0, 0.1) is 17.0 Å². The number of hydrogen-bond acceptors (Lipinski definition) is 5. The summed E-state index contributed by atoms with van der Waals surface area (Å²) < 4.78 is 1.56. The van der Waals surface area contributed by atoms with Gasteiger partial charge in [-0.25, -0.2) is 0 Å². The normalized spacial score (nSPS) is 10.4. The summed E-state index contributed by atoms with van der Waals surface area (Å²) in [6, 6.07) is 5.16. The van der Waals surface area contributed by atoms with E-state index in [1.807, 2.05) is 0 Å². The highest BCUT2D eigenvalue weighted by Gasteiger charge is 2.16. The van der Waals surface area contributed by atoms with E-state index < -0.39 is 0 Å². The number of hydrogen-bond donors (Lipinski definition) is 2. The van der Waals surface area contributed by atoms with Gasteiger partial charge in [0.1, 0.15) is 11.5 Å². The topological polar surface area (TPSA) is 99.0 Å². The van der Waals surface area contributed by atoms with Crippen LogP contribution in [0.1, 0.15) is 11.1 Å². The van der Waals surface area contributed by atoms with Crippen LogP contribution < -0.4 is 11.1 Å². The van der Waals surface area contributed by atoms with E-state index in [4.69, 9.17) is 5.73 Å². The van der Waals surface area contributed by atoms with Crippen LogP contribution in [0.25, 0.3) is 0 Å². The van der Waals surface area contributed by atoms with Gasteiger partial charge >= 0.3 is 0 Å². The highest BCUT2D eigenvalue weighted by atomic mass is 16.6. The number of anilines is 2. The van der Waals surface area contributed by atoms with E-state index in [1.54, 1.807) is 43.0 Å². The highest BCUT2D eigenvalue weighted by Crippen LogP contribution is 2.28. The third kappa shape index (κ3) is 2.49. The molecule has 100 valence electrons. The second-order valence-corrected chi connectivity index (χ2v) is 4.26. The number of aryl methyl sites for hydroxylation is 2. The zero-order valence-electron chi connectivity index (χ0n) is 10.8. The molecular weight excluding hydrogens is 246 g/mol. The molecule has 0 aliphatic carbocycles. The summed E-state index contributed by atoms with van der Waals surface area (Å²) in [5.74, 6) is 0.544. The average molecular weight is 261 g/mol. The Hall–Kier alpha value is -2.57. The molecule has 0 saturated carbocycles. The lowest BCUT2D eigenvalue weighted by atomic mass is 10.1. The molecule has 2 aromatic rings. The average Bonchev–Trinajstić information content (AvgIpc) is 2.67. The lowest BCUT2D eigenvalue weighted by molar-refractivity contribution is -0.384. The van der Waals surface area contributed by atoms with Gasteiger partial charge in [-0.05, 0) is 13.0 Å². The van der Waals surface area contributed by atoms with Crippen LogP contribution in [0.2, 0.25) is 0 Å². The predicted octanol–water partition coefficient (Wildman–Crippen LogP) is 1.83. The minimum Gasteiger partial charge on any atom is -0.384 e. The van der Waals surface area contributed by atoms with Crippen molar-refractivity contribution in [2.45, 2.75) is 13.5 Å². The van der Waals surface area contributed by atoms with Crippen molar-refractivity contribution in [2.75, 3.05) is 11.1 Å². The molecule has 0 saturated heterocycles. The number of nitrogen functional groups attached to an aromatic ring is 1. The van der Waals surface area contributed by atoms with Gasteiger partial charge in [0.05, 0.1) is 11.1 Å². The third-order valence-electron chi connectivity index (χ3n) is 2.95. The molecule has 0 aliphatic heterocycles. The van der Waals surface area contributed by atoms with Crippen molar-refractivity contribution in [2.24, 2.45) is 7.05 Å². The molecule has 0 atom stereocenters. The molecule has 0 radical (unpaired) electrons. The minimum atomic E-state index is -0.385. The Morgan fingerprint density at radius 2 is 2.26 bits per heavy atom. The Labute approximate surface area is 110 Å². The monoisotopic (exact) mass is 261 g/mol. The van der Waals surface area contributed by atoms with Crippen molar-refractivity contribution in [1.82, 2.24) is 9.78 Å². The maximum Gasteiger partial charge on any atom is 0.295 e. The van der Waals surface area contributed by atoms with Gasteiger partial charge in [-0.15, -0.1) is 0 Å². The van der Waals surface area contributed by atoms with Crippen molar-refractivity contribution >= 4 is 17.2 Å². The van der Waals surface area contributed by atoms with Gasteiger partial charge < -0.3 is 11.1 Å². The third-order valence-corrected chi connectivity index (χ3v) is 2.95. The molecule has 2 rings (SSSR count). The molecule has 0 aliphatic rings. The highest BCUT2D eigenvalue weighted by molar-refractivity contribution is 5.65. The fourth-order valence-corrected chi connectivity index (χ4v) is 1.86. The number of para-hydroxylation sites is 1. The number of nitro groups is 1. The Balaban J connectivity index is 2.23. The smallest absolute Gasteiger partial charge is 0.295 e. The van der Waals surface area contributed by atoms with Crippen molar-refractivity contribution < 1.29 is 4.92 Å².